The van der Waals surface area contributed by atoms with Gasteiger partial charge in [-0.3, -0.25) is 10.1 Å². The zero-order valence-electron chi connectivity index (χ0n) is 20.0. The van der Waals surface area contributed by atoms with E-state index in [1.807, 2.05) is 0 Å². The summed E-state index contributed by atoms with van der Waals surface area (Å²) in [6.07, 6.45) is -5.12. The van der Waals surface area contributed by atoms with Gasteiger partial charge in [-0.15, -0.1) is 0 Å². The van der Waals surface area contributed by atoms with E-state index in [0.717, 1.165) is 8.97 Å². The van der Waals surface area contributed by atoms with Crippen molar-refractivity contribution in [3.63, 3.8) is 0 Å². The van der Waals surface area contributed by atoms with Gasteiger partial charge in [0.25, 0.3) is 11.3 Å². The topological polar surface area (TPSA) is 98.0 Å². The highest BCUT2D eigenvalue weighted by atomic mass is 19.4. The number of rotatable bonds is 6. The lowest BCUT2D eigenvalue weighted by Gasteiger charge is -2.14. The fourth-order valence-electron chi connectivity index (χ4n) is 4.27. The van der Waals surface area contributed by atoms with E-state index in [1.54, 1.807) is 60.7 Å². The molecular formula is C28H19F3N3O5+. The van der Waals surface area contributed by atoms with E-state index < -0.39 is 28.1 Å². The molecule has 0 spiro atoms. The van der Waals surface area contributed by atoms with Crippen LogP contribution in [0.15, 0.2) is 102 Å². The lowest BCUT2D eigenvalue weighted by Crippen LogP contribution is -2.44. The average Bonchev–Trinajstić information content (AvgIpc) is 2.91. The number of aromatic nitrogens is 2. The third-order valence-electron chi connectivity index (χ3n) is 6.02. The number of nitro groups is 1. The predicted molar refractivity (Wildman–Crippen MR) is 135 cm³/mol. The second-order valence-electron chi connectivity index (χ2n) is 8.56. The normalized spacial score (nSPS) is 11.5. The third kappa shape index (κ3) is 5.01. The Morgan fingerprint density at radius 3 is 2.26 bits per heavy atom. The van der Waals surface area contributed by atoms with Gasteiger partial charge in [0.1, 0.15) is 23.7 Å². The molecule has 39 heavy (non-hydrogen) atoms. The van der Waals surface area contributed by atoms with Crippen LogP contribution in [-0.4, -0.2) is 14.4 Å². The Bertz CT molecular complexity index is 1750. The lowest BCUT2D eigenvalue weighted by molar-refractivity contribution is -0.673. The average molecular weight is 534 g/mol. The fraction of sp³-hybridized carbons (Fsp3) is 0.0714. The number of hydrogen-bond acceptors (Lipinski definition) is 5. The maximum absolute atomic E-state index is 14.0. The van der Waals surface area contributed by atoms with Crippen molar-refractivity contribution in [1.82, 2.24) is 4.40 Å². The van der Waals surface area contributed by atoms with Crippen molar-refractivity contribution in [2.24, 2.45) is 0 Å². The summed E-state index contributed by atoms with van der Waals surface area (Å²) in [6, 6.07) is 24.9. The molecule has 0 aliphatic heterocycles. The molecular weight excluding hydrogens is 515 g/mol. The number of halogens is 3. The Labute approximate surface area is 218 Å². The van der Waals surface area contributed by atoms with Crippen LogP contribution in [0.2, 0.25) is 0 Å². The van der Waals surface area contributed by atoms with E-state index in [0.29, 0.717) is 22.6 Å². The van der Waals surface area contributed by atoms with Gasteiger partial charge in [-0.1, -0.05) is 42.5 Å². The predicted octanol–water partition coefficient (Wildman–Crippen LogP) is 5.73. The molecule has 196 valence electrons. The van der Waals surface area contributed by atoms with Crippen molar-refractivity contribution in [1.29, 1.82) is 0 Å². The molecule has 0 saturated carbocycles. The molecule has 5 rings (SSSR count). The molecule has 0 radical (unpaired) electrons. The number of nitrogens with zero attached hydrogens (tertiary/aromatic N) is 3. The summed E-state index contributed by atoms with van der Waals surface area (Å²) < 4.78 is 49.8. The van der Waals surface area contributed by atoms with Gasteiger partial charge in [0, 0.05) is 23.8 Å². The van der Waals surface area contributed by atoms with Gasteiger partial charge in [-0.2, -0.15) is 22.1 Å². The molecule has 0 unspecified atom stereocenters. The molecule has 0 bridgehead atoms. The van der Waals surface area contributed by atoms with Crippen LogP contribution < -0.4 is 14.9 Å². The number of pyridine rings is 1. The minimum Gasteiger partial charge on any atom is -0.477 e. The molecule has 2 heterocycles. The maximum Gasteiger partial charge on any atom is 0.431 e. The molecule has 0 aliphatic rings. The van der Waals surface area contributed by atoms with E-state index >= 15 is 0 Å². The fourth-order valence-corrected chi connectivity index (χ4v) is 4.27. The van der Waals surface area contributed by atoms with E-state index in [1.165, 1.54) is 36.4 Å². The SMILES string of the molecule is O=c1c(C(F)(F)F)c(O)[n+](Cc2cccc(Oc3ccc([N+](=O)[O-])cc3)c2)c2cccc(-c3ccccc3)n12. The number of hydrogen-bond donors (Lipinski definition) is 1. The number of aromatic hydroxyl groups is 1. The molecule has 8 nitrogen and oxygen atoms in total. The molecule has 3 aromatic carbocycles. The zero-order chi connectivity index (χ0) is 27.7. The van der Waals surface area contributed by atoms with Crippen molar-refractivity contribution in [2.75, 3.05) is 0 Å². The lowest BCUT2D eigenvalue weighted by atomic mass is 10.1. The molecule has 2 aromatic heterocycles. The first-order valence-corrected chi connectivity index (χ1v) is 11.6. The summed E-state index contributed by atoms with van der Waals surface area (Å²) in [4.78, 5) is 23.5. The first-order chi connectivity index (χ1) is 18.6. The molecule has 0 atom stereocenters. The highest BCUT2D eigenvalue weighted by Gasteiger charge is 2.44. The minimum atomic E-state index is -5.12. The first kappa shape index (κ1) is 25.5. The van der Waals surface area contributed by atoms with Crippen molar-refractivity contribution in [2.45, 2.75) is 12.7 Å². The summed E-state index contributed by atoms with van der Waals surface area (Å²) >= 11 is 0. The first-order valence-electron chi connectivity index (χ1n) is 11.6. The van der Waals surface area contributed by atoms with Crippen LogP contribution in [0.3, 0.4) is 0 Å². The van der Waals surface area contributed by atoms with Gasteiger partial charge in [0.2, 0.25) is 5.56 Å². The van der Waals surface area contributed by atoms with Crippen molar-refractivity contribution >= 4 is 11.3 Å². The minimum absolute atomic E-state index is 0.0496. The Balaban J connectivity index is 1.61. The number of non-ortho nitro benzene ring substituents is 1. The standard InChI is InChI=1S/C28H18F3N3O5/c29-28(30,31)25-26(35)32(24-11-5-10-23(33(24)27(25)36)19-7-2-1-3-8-19)17-18-6-4-9-22(16-18)39-21-14-12-20(13-15-21)34(37)38/h1-16H,17H2/p+1. The summed E-state index contributed by atoms with van der Waals surface area (Å²) in [5.41, 5.74) is -1.91. The van der Waals surface area contributed by atoms with Gasteiger partial charge < -0.3 is 9.84 Å². The highest BCUT2D eigenvalue weighted by molar-refractivity contribution is 5.62. The zero-order valence-corrected chi connectivity index (χ0v) is 20.0. The molecule has 1 N–H and O–H groups in total. The van der Waals surface area contributed by atoms with Crippen molar-refractivity contribution < 1.29 is 32.5 Å². The number of benzene rings is 3. The van der Waals surface area contributed by atoms with Crippen LogP contribution in [0.1, 0.15) is 11.1 Å². The van der Waals surface area contributed by atoms with Crippen LogP contribution in [-0.2, 0) is 12.7 Å². The number of fused-ring (bicyclic) bond motifs is 1. The van der Waals surface area contributed by atoms with Crippen LogP contribution in [0.5, 0.6) is 17.4 Å². The second-order valence-corrected chi connectivity index (χ2v) is 8.56. The van der Waals surface area contributed by atoms with E-state index in [-0.39, 0.29) is 23.6 Å². The molecule has 0 aliphatic carbocycles. The summed E-state index contributed by atoms with van der Waals surface area (Å²) in [5.74, 6) is -0.573. The van der Waals surface area contributed by atoms with Gasteiger partial charge in [0.05, 0.1) is 4.92 Å². The smallest absolute Gasteiger partial charge is 0.431 e. The maximum atomic E-state index is 14.0. The van der Waals surface area contributed by atoms with Crippen molar-refractivity contribution in [3.8, 4) is 28.6 Å². The largest absolute Gasteiger partial charge is 0.477 e. The van der Waals surface area contributed by atoms with Crippen LogP contribution >= 0.6 is 0 Å². The van der Waals surface area contributed by atoms with Gasteiger partial charge in [0.15, 0.2) is 0 Å². The molecule has 0 fully saturated rings. The summed E-state index contributed by atoms with van der Waals surface area (Å²) in [7, 11) is 0. The summed E-state index contributed by atoms with van der Waals surface area (Å²) in [6.45, 7) is -0.228. The Kier molecular flexibility index (Phi) is 6.48. The van der Waals surface area contributed by atoms with E-state index in [4.69, 9.17) is 4.74 Å². The third-order valence-corrected chi connectivity index (χ3v) is 6.02. The molecule has 5 aromatic rings. The Hall–Kier alpha value is -5.19. The van der Waals surface area contributed by atoms with Crippen LogP contribution in [0.25, 0.3) is 16.9 Å². The van der Waals surface area contributed by atoms with Gasteiger partial charge in [-0.05, 0) is 42.0 Å². The monoisotopic (exact) mass is 534 g/mol. The Morgan fingerprint density at radius 1 is 0.897 bits per heavy atom. The van der Waals surface area contributed by atoms with E-state index in [2.05, 4.69) is 0 Å². The molecule has 0 saturated heterocycles. The highest BCUT2D eigenvalue weighted by Crippen LogP contribution is 2.32. The number of nitro benzene ring substituents is 1. The molecule has 11 heteroatoms. The summed E-state index contributed by atoms with van der Waals surface area (Å²) in [5, 5.41) is 21.6. The van der Waals surface area contributed by atoms with Crippen LogP contribution in [0.4, 0.5) is 18.9 Å². The van der Waals surface area contributed by atoms with Gasteiger partial charge >= 0.3 is 17.6 Å². The number of ether oxygens (including phenoxy) is 1. The second kappa shape index (κ2) is 9.93. The number of alkyl halides is 3. The van der Waals surface area contributed by atoms with Crippen LogP contribution in [0, 0.1) is 10.1 Å². The van der Waals surface area contributed by atoms with Gasteiger partial charge in [-0.25, -0.2) is 4.79 Å². The molecule has 0 amide bonds. The van der Waals surface area contributed by atoms with Crippen molar-refractivity contribution in [3.05, 3.63) is 129 Å². The van der Waals surface area contributed by atoms with E-state index in [9.17, 15) is 33.2 Å². The quantitative estimate of drug-likeness (QED) is 0.171. The Morgan fingerprint density at radius 2 is 1.59 bits per heavy atom.